The first-order chi connectivity index (χ1) is 9.44. The molecule has 2 aromatic rings. The molecular formula is C11H14N6O2S. The van der Waals surface area contributed by atoms with E-state index in [9.17, 15) is 8.42 Å². The number of nitrogens with zero attached hydrogens (tertiary/aromatic N) is 4. The van der Waals surface area contributed by atoms with Gasteiger partial charge in [0, 0.05) is 12.7 Å². The van der Waals surface area contributed by atoms with Crippen LogP contribution in [0.25, 0.3) is 0 Å². The predicted molar refractivity (Wildman–Crippen MR) is 72.2 cm³/mol. The van der Waals surface area contributed by atoms with Crippen LogP contribution >= 0.6 is 0 Å². The molecule has 0 radical (unpaired) electrons. The van der Waals surface area contributed by atoms with Gasteiger partial charge in [-0.05, 0) is 26.0 Å². The number of hydrogen-bond donors (Lipinski definition) is 2. The van der Waals surface area contributed by atoms with Crippen molar-refractivity contribution in [3.05, 3.63) is 35.4 Å². The quantitative estimate of drug-likeness (QED) is 0.822. The van der Waals surface area contributed by atoms with Crippen LogP contribution in [0.15, 0.2) is 23.2 Å². The summed E-state index contributed by atoms with van der Waals surface area (Å²) in [5, 5.41) is 7.52. The fourth-order valence-corrected chi connectivity index (χ4v) is 2.64. The minimum atomic E-state index is -3.84. The predicted octanol–water partition coefficient (Wildman–Crippen LogP) is 0.143. The molecule has 9 heteroatoms. The van der Waals surface area contributed by atoms with Gasteiger partial charge in [-0.3, -0.25) is 4.98 Å². The zero-order chi connectivity index (χ0) is 14.8. The molecule has 20 heavy (non-hydrogen) atoms. The fourth-order valence-electron chi connectivity index (χ4n) is 1.50. The van der Waals surface area contributed by atoms with Gasteiger partial charge in [-0.2, -0.15) is 5.10 Å². The van der Waals surface area contributed by atoms with Crippen LogP contribution in [0.3, 0.4) is 0 Å². The summed E-state index contributed by atoms with van der Waals surface area (Å²) < 4.78 is 26.8. The molecule has 0 aromatic carbocycles. The van der Waals surface area contributed by atoms with Crippen LogP contribution in [0.1, 0.15) is 17.1 Å². The van der Waals surface area contributed by atoms with Gasteiger partial charge in [-0.25, -0.2) is 18.1 Å². The number of sulfonamides is 1. The number of hydrogen-bond acceptors (Lipinski definition) is 7. The highest BCUT2D eigenvalue weighted by molar-refractivity contribution is 7.92. The van der Waals surface area contributed by atoms with Crippen molar-refractivity contribution in [2.24, 2.45) is 5.73 Å². The van der Waals surface area contributed by atoms with Gasteiger partial charge in [-0.1, -0.05) is 0 Å². The second kappa shape index (κ2) is 5.47. The molecule has 0 spiro atoms. The lowest BCUT2D eigenvalue weighted by molar-refractivity contribution is 0.598. The van der Waals surface area contributed by atoms with Crippen molar-refractivity contribution in [2.75, 3.05) is 4.72 Å². The van der Waals surface area contributed by atoms with Crippen molar-refractivity contribution in [1.82, 2.24) is 20.2 Å². The number of pyridine rings is 1. The Morgan fingerprint density at radius 3 is 2.65 bits per heavy atom. The SMILES string of the molecule is Cc1nnc(NS(=O)(=O)c2cccnc2CN)nc1C. The third kappa shape index (κ3) is 2.89. The van der Waals surface area contributed by atoms with Gasteiger partial charge in [0.2, 0.25) is 0 Å². The molecule has 2 rings (SSSR count). The fraction of sp³-hybridized carbons (Fsp3) is 0.273. The maximum Gasteiger partial charge on any atom is 0.266 e. The number of anilines is 1. The van der Waals surface area contributed by atoms with E-state index in [0.717, 1.165) is 0 Å². The number of rotatable bonds is 4. The molecule has 0 aliphatic carbocycles. The summed E-state index contributed by atoms with van der Waals surface area (Å²) in [5.74, 6) is -0.0834. The van der Waals surface area contributed by atoms with Crippen molar-refractivity contribution in [2.45, 2.75) is 25.3 Å². The van der Waals surface area contributed by atoms with Crippen LogP contribution in [-0.2, 0) is 16.6 Å². The maximum absolute atomic E-state index is 12.3. The van der Waals surface area contributed by atoms with E-state index in [4.69, 9.17) is 5.73 Å². The highest BCUT2D eigenvalue weighted by Crippen LogP contribution is 2.15. The number of aromatic nitrogens is 4. The van der Waals surface area contributed by atoms with Gasteiger partial charge in [0.25, 0.3) is 16.0 Å². The molecule has 0 saturated carbocycles. The molecule has 2 heterocycles. The Morgan fingerprint density at radius 1 is 1.25 bits per heavy atom. The van der Waals surface area contributed by atoms with Gasteiger partial charge in [0.05, 0.1) is 17.1 Å². The number of nitrogens with two attached hydrogens (primary N) is 1. The molecule has 0 bridgehead atoms. The van der Waals surface area contributed by atoms with Crippen LogP contribution in [0.4, 0.5) is 5.95 Å². The monoisotopic (exact) mass is 294 g/mol. The van der Waals surface area contributed by atoms with E-state index < -0.39 is 10.0 Å². The van der Waals surface area contributed by atoms with Crippen LogP contribution < -0.4 is 10.5 Å². The second-order valence-corrected chi connectivity index (χ2v) is 5.71. The molecule has 0 aliphatic rings. The summed E-state index contributed by atoms with van der Waals surface area (Å²) in [6.45, 7) is 3.47. The topological polar surface area (TPSA) is 124 Å². The van der Waals surface area contributed by atoms with E-state index in [2.05, 4.69) is 24.9 Å². The Bertz CT molecular complexity index is 731. The van der Waals surface area contributed by atoms with Crippen LogP contribution in [-0.4, -0.2) is 28.6 Å². The van der Waals surface area contributed by atoms with E-state index in [0.29, 0.717) is 11.4 Å². The van der Waals surface area contributed by atoms with Gasteiger partial charge in [0.1, 0.15) is 4.90 Å². The average Bonchev–Trinajstić information content (AvgIpc) is 2.42. The number of nitrogens with one attached hydrogen (secondary N) is 1. The average molecular weight is 294 g/mol. The van der Waals surface area contributed by atoms with Crippen molar-refractivity contribution in [3.63, 3.8) is 0 Å². The van der Waals surface area contributed by atoms with E-state index in [1.54, 1.807) is 13.8 Å². The lowest BCUT2D eigenvalue weighted by atomic mass is 10.3. The lowest BCUT2D eigenvalue weighted by Crippen LogP contribution is -2.19. The third-order valence-electron chi connectivity index (χ3n) is 2.65. The maximum atomic E-state index is 12.3. The molecule has 0 fully saturated rings. The standard InChI is InChI=1S/C11H14N6O2S/c1-7-8(2)15-16-11(14-7)17-20(18,19)10-4-3-5-13-9(10)6-12/h3-5H,6,12H2,1-2H3,(H,14,16,17). The Morgan fingerprint density at radius 2 is 2.00 bits per heavy atom. The first-order valence-corrected chi connectivity index (χ1v) is 7.27. The number of aryl methyl sites for hydroxylation is 2. The van der Waals surface area contributed by atoms with Gasteiger partial charge in [0.15, 0.2) is 0 Å². The molecule has 8 nitrogen and oxygen atoms in total. The van der Waals surface area contributed by atoms with Crippen LogP contribution in [0.5, 0.6) is 0 Å². The first-order valence-electron chi connectivity index (χ1n) is 5.78. The lowest BCUT2D eigenvalue weighted by Gasteiger charge is -2.09. The second-order valence-electron chi connectivity index (χ2n) is 4.06. The summed E-state index contributed by atoms with van der Waals surface area (Å²) in [6.07, 6.45) is 1.48. The molecule has 3 N–H and O–H groups in total. The Kier molecular flexibility index (Phi) is 3.91. The summed E-state index contributed by atoms with van der Waals surface area (Å²) >= 11 is 0. The zero-order valence-electron chi connectivity index (χ0n) is 11.0. The van der Waals surface area contributed by atoms with Crippen molar-refractivity contribution in [3.8, 4) is 0 Å². The summed E-state index contributed by atoms with van der Waals surface area (Å²) in [5.41, 5.74) is 7.00. The molecule has 0 unspecified atom stereocenters. The van der Waals surface area contributed by atoms with E-state index in [-0.39, 0.29) is 23.1 Å². The summed E-state index contributed by atoms with van der Waals surface area (Å²) in [6, 6.07) is 2.94. The third-order valence-corrected chi connectivity index (χ3v) is 4.05. The van der Waals surface area contributed by atoms with Crippen LogP contribution in [0.2, 0.25) is 0 Å². The van der Waals surface area contributed by atoms with E-state index >= 15 is 0 Å². The molecule has 2 aromatic heterocycles. The molecular weight excluding hydrogens is 280 g/mol. The summed E-state index contributed by atoms with van der Waals surface area (Å²) in [7, 11) is -3.84. The largest absolute Gasteiger partial charge is 0.325 e. The molecule has 0 amide bonds. The Hall–Kier alpha value is -2.13. The molecule has 0 aliphatic heterocycles. The van der Waals surface area contributed by atoms with E-state index in [1.165, 1.54) is 18.3 Å². The smallest absolute Gasteiger partial charge is 0.266 e. The minimum absolute atomic E-state index is 0.00401. The summed E-state index contributed by atoms with van der Waals surface area (Å²) in [4.78, 5) is 7.96. The van der Waals surface area contributed by atoms with Gasteiger partial charge >= 0.3 is 0 Å². The van der Waals surface area contributed by atoms with Gasteiger partial charge < -0.3 is 5.73 Å². The van der Waals surface area contributed by atoms with Crippen molar-refractivity contribution < 1.29 is 8.42 Å². The van der Waals surface area contributed by atoms with Gasteiger partial charge in [-0.15, -0.1) is 5.10 Å². The highest BCUT2D eigenvalue weighted by atomic mass is 32.2. The normalized spacial score (nSPS) is 11.3. The Balaban J connectivity index is 2.38. The molecule has 0 saturated heterocycles. The minimum Gasteiger partial charge on any atom is -0.325 e. The first kappa shape index (κ1) is 14.3. The van der Waals surface area contributed by atoms with Crippen LogP contribution in [0, 0.1) is 13.8 Å². The molecule has 106 valence electrons. The highest BCUT2D eigenvalue weighted by Gasteiger charge is 2.20. The van der Waals surface area contributed by atoms with E-state index in [1.807, 2.05) is 0 Å². The zero-order valence-corrected chi connectivity index (χ0v) is 11.8. The van der Waals surface area contributed by atoms with Crippen molar-refractivity contribution in [1.29, 1.82) is 0 Å². The van der Waals surface area contributed by atoms with Crippen molar-refractivity contribution >= 4 is 16.0 Å². The Labute approximate surface area is 116 Å². The molecule has 0 atom stereocenters.